The first-order valence-electron chi connectivity index (χ1n) is 10.7. The van der Waals surface area contributed by atoms with Gasteiger partial charge in [0.15, 0.2) is 6.61 Å². The third-order valence-corrected chi connectivity index (χ3v) is 7.35. The molecule has 3 amide bonds. The summed E-state index contributed by atoms with van der Waals surface area (Å²) in [5.74, 6) is -1.59. The minimum atomic E-state index is -0.742. The van der Waals surface area contributed by atoms with E-state index in [1.54, 1.807) is 24.3 Å². The number of halogens is 2. The fourth-order valence-electron chi connectivity index (χ4n) is 5.43. The molecule has 9 heteroatoms. The van der Waals surface area contributed by atoms with E-state index in [2.05, 4.69) is 5.32 Å². The second kappa shape index (κ2) is 8.47. The number of fused-ring (bicyclic) bond motifs is 5. The Morgan fingerprint density at radius 1 is 1.00 bits per heavy atom. The number of carbonyl (C=O) groups is 4. The molecule has 1 aliphatic heterocycles. The highest BCUT2D eigenvalue weighted by Crippen LogP contribution is 2.56. The van der Waals surface area contributed by atoms with Crippen LogP contribution in [0.25, 0.3) is 0 Å². The van der Waals surface area contributed by atoms with E-state index >= 15 is 0 Å². The predicted octanol–water partition coefficient (Wildman–Crippen LogP) is 4.32. The summed E-state index contributed by atoms with van der Waals surface area (Å²) in [5, 5.41) is 3.23. The molecule has 5 rings (SSSR count). The molecule has 3 aliphatic rings. The number of imide groups is 1. The Hall–Kier alpha value is -2.90. The number of rotatable bonds is 5. The van der Waals surface area contributed by atoms with Crippen molar-refractivity contribution in [2.24, 2.45) is 23.7 Å². The van der Waals surface area contributed by atoms with Crippen LogP contribution in [0.2, 0.25) is 10.0 Å². The van der Waals surface area contributed by atoms with E-state index in [1.807, 2.05) is 0 Å². The number of esters is 1. The van der Waals surface area contributed by atoms with Crippen LogP contribution in [0.4, 0.5) is 11.4 Å². The van der Waals surface area contributed by atoms with Crippen molar-refractivity contribution < 1.29 is 23.9 Å². The summed E-state index contributed by atoms with van der Waals surface area (Å²) in [7, 11) is 0. The summed E-state index contributed by atoms with van der Waals surface area (Å²) in [5.41, 5.74) is 0.839. The Morgan fingerprint density at radius 3 is 2.36 bits per heavy atom. The molecule has 0 radical (unpaired) electrons. The Labute approximate surface area is 200 Å². The Balaban J connectivity index is 1.25. The maximum absolute atomic E-state index is 13.0. The van der Waals surface area contributed by atoms with Crippen molar-refractivity contribution in [2.45, 2.75) is 19.3 Å². The molecule has 7 nitrogen and oxygen atoms in total. The van der Waals surface area contributed by atoms with Gasteiger partial charge in [-0.15, -0.1) is 0 Å². The largest absolute Gasteiger partial charge is 0.452 e. The van der Waals surface area contributed by atoms with Gasteiger partial charge in [0.1, 0.15) is 0 Å². The zero-order valence-corrected chi connectivity index (χ0v) is 18.9. The van der Waals surface area contributed by atoms with Gasteiger partial charge in [-0.25, -0.2) is 4.79 Å². The van der Waals surface area contributed by atoms with Crippen LogP contribution in [0.15, 0.2) is 42.5 Å². The lowest BCUT2D eigenvalue weighted by molar-refractivity contribution is -0.123. The maximum Gasteiger partial charge on any atom is 0.338 e. The standard InChI is InChI=1S/C24H20Cl2N2O5/c25-15-6-7-18(17(26)10-15)27-19(29)11-33-24(32)14-2-1-3-16(9-14)28-22(30)20-12-4-5-13(8-12)21(20)23(28)31/h1-3,6-7,9-10,12-13,20-21H,4-5,8,11H2,(H,27,29)/t12-,13-,20-,21+/m0/s1. The molecular formula is C24H20Cl2N2O5. The average molecular weight is 487 g/mol. The number of carbonyl (C=O) groups excluding carboxylic acids is 4. The third kappa shape index (κ3) is 3.89. The molecule has 1 N–H and O–H groups in total. The number of ether oxygens (including phenoxy) is 1. The number of benzene rings is 2. The number of anilines is 2. The van der Waals surface area contributed by atoms with E-state index in [0.717, 1.165) is 19.3 Å². The summed E-state index contributed by atoms with van der Waals surface area (Å²) in [4.78, 5) is 51.9. The van der Waals surface area contributed by atoms with E-state index in [0.29, 0.717) is 16.4 Å². The molecule has 1 saturated heterocycles. The number of amides is 3. The number of nitrogens with zero attached hydrogens (tertiary/aromatic N) is 1. The molecule has 2 bridgehead atoms. The highest BCUT2D eigenvalue weighted by Gasteiger charge is 2.61. The third-order valence-electron chi connectivity index (χ3n) is 6.81. The van der Waals surface area contributed by atoms with E-state index in [9.17, 15) is 19.2 Å². The molecule has 1 heterocycles. The molecular weight excluding hydrogens is 467 g/mol. The smallest absolute Gasteiger partial charge is 0.338 e. The van der Waals surface area contributed by atoms with Crippen molar-refractivity contribution in [3.05, 3.63) is 58.1 Å². The first-order valence-corrected chi connectivity index (χ1v) is 11.5. The number of hydrogen-bond acceptors (Lipinski definition) is 5. The van der Waals surface area contributed by atoms with Gasteiger partial charge in [0.2, 0.25) is 11.8 Å². The summed E-state index contributed by atoms with van der Waals surface area (Å²) in [6, 6.07) is 10.8. The van der Waals surface area contributed by atoms with Crippen LogP contribution < -0.4 is 10.2 Å². The van der Waals surface area contributed by atoms with Gasteiger partial charge in [0.25, 0.3) is 5.91 Å². The van der Waals surface area contributed by atoms with Crippen LogP contribution in [0, 0.1) is 23.7 Å². The van der Waals surface area contributed by atoms with Gasteiger partial charge in [-0.05, 0) is 67.5 Å². The van der Waals surface area contributed by atoms with Crippen LogP contribution >= 0.6 is 23.2 Å². The zero-order chi connectivity index (χ0) is 23.3. The quantitative estimate of drug-likeness (QED) is 0.501. The molecule has 2 aromatic rings. The van der Waals surface area contributed by atoms with Gasteiger partial charge in [-0.1, -0.05) is 29.3 Å². The number of hydrogen-bond donors (Lipinski definition) is 1. The molecule has 0 unspecified atom stereocenters. The normalized spacial score (nSPS) is 25.3. The van der Waals surface area contributed by atoms with Crippen molar-refractivity contribution in [3.8, 4) is 0 Å². The van der Waals surface area contributed by atoms with Crippen LogP contribution in [0.1, 0.15) is 29.6 Å². The number of nitrogens with one attached hydrogen (secondary N) is 1. The molecule has 2 aliphatic carbocycles. The van der Waals surface area contributed by atoms with Crippen molar-refractivity contribution in [1.29, 1.82) is 0 Å². The lowest BCUT2D eigenvalue weighted by Gasteiger charge is -2.19. The van der Waals surface area contributed by atoms with Gasteiger partial charge in [0, 0.05) is 5.02 Å². The fraction of sp³-hybridized carbons (Fsp3) is 0.333. The second-order valence-corrected chi connectivity index (χ2v) is 9.54. The molecule has 0 aromatic heterocycles. The van der Waals surface area contributed by atoms with Gasteiger partial charge >= 0.3 is 5.97 Å². The summed E-state index contributed by atoms with van der Waals surface area (Å²) < 4.78 is 5.11. The van der Waals surface area contributed by atoms with Crippen molar-refractivity contribution in [3.63, 3.8) is 0 Å². The molecule has 3 fully saturated rings. The first kappa shape index (κ1) is 21.9. The lowest BCUT2D eigenvalue weighted by Crippen LogP contribution is -2.32. The Kier molecular flexibility index (Phi) is 5.62. The van der Waals surface area contributed by atoms with Gasteiger partial charge < -0.3 is 10.1 Å². The highest BCUT2D eigenvalue weighted by molar-refractivity contribution is 6.36. The van der Waals surface area contributed by atoms with E-state index in [4.69, 9.17) is 27.9 Å². The lowest BCUT2D eigenvalue weighted by atomic mass is 9.81. The Bertz CT molecular complexity index is 1160. The summed E-state index contributed by atoms with van der Waals surface area (Å²) >= 11 is 11.9. The minimum absolute atomic E-state index is 0.144. The van der Waals surface area contributed by atoms with Gasteiger partial charge in [-0.3, -0.25) is 19.3 Å². The van der Waals surface area contributed by atoms with Crippen molar-refractivity contribution >= 4 is 58.3 Å². The molecule has 2 saturated carbocycles. The average Bonchev–Trinajstić information content (AvgIpc) is 3.48. The van der Waals surface area contributed by atoms with Crippen LogP contribution in [-0.2, 0) is 19.1 Å². The second-order valence-electron chi connectivity index (χ2n) is 8.70. The van der Waals surface area contributed by atoms with Crippen LogP contribution in [0.3, 0.4) is 0 Å². The zero-order valence-electron chi connectivity index (χ0n) is 17.4. The van der Waals surface area contributed by atoms with E-state index < -0.39 is 18.5 Å². The summed E-state index contributed by atoms with van der Waals surface area (Å²) in [6.07, 6.45) is 2.94. The monoisotopic (exact) mass is 486 g/mol. The molecule has 2 aromatic carbocycles. The van der Waals surface area contributed by atoms with Gasteiger partial charge in [-0.2, -0.15) is 0 Å². The van der Waals surface area contributed by atoms with Gasteiger partial charge in [0.05, 0.1) is 33.8 Å². The maximum atomic E-state index is 13.0. The van der Waals surface area contributed by atoms with Crippen molar-refractivity contribution in [2.75, 3.05) is 16.8 Å². The predicted molar refractivity (Wildman–Crippen MR) is 122 cm³/mol. The van der Waals surface area contributed by atoms with E-state index in [1.165, 1.54) is 23.1 Å². The van der Waals surface area contributed by atoms with Crippen LogP contribution in [0.5, 0.6) is 0 Å². The SMILES string of the molecule is O=C(COC(=O)c1cccc(N2C(=O)[C@@H]3[C@H]4CC[C@@H](C4)[C@@H]3C2=O)c1)Nc1ccc(Cl)cc1Cl. The molecule has 4 atom stereocenters. The highest BCUT2D eigenvalue weighted by atomic mass is 35.5. The van der Waals surface area contributed by atoms with Crippen molar-refractivity contribution in [1.82, 2.24) is 0 Å². The van der Waals surface area contributed by atoms with E-state index in [-0.39, 0.29) is 46.1 Å². The fourth-order valence-corrected chi connectivity index (χ4v) is 5.88. The summed E-state index contributed by atoms with van der Waals surface area (Å²) in [6.45, 7) is -0.531. The molecule has 33 heavy (non-hydrogen) atoms. The first-order chi connectivity index (χ1) is 15.8. The molecule has 170 valence electrons. The topological polar surface area (TPSA) is 92.8 Å². The van der Waals surface area contributed by atoms with Crippen LogP contribution in [-0.4, -0.2) is 30.3 Å². The minimum Gasteiger partial charge on any atom is -0.452 e. The molecule has 0 spiro atoms. The Morgan fingerprint density at radius 2 is 1.70 bits per heavy atom.